The minimum Gasteiger partial charge on any atom is -0.370 e. The van der Waals surface area contributed by atoms with Gasteiger partial charge in [0.05, 0.1) is 12.3 Å². The van der Waals surface area contributed by atoms with Gasteiger partial charge in [-0.3, -0.25) is 4.99 Å². The quantitative estimate of drug-likeness (QED) is 0.376. The van der Waals surface area contributed by atoms with Gasteiger partial charge >= 0.3 is 0 Å². The van der Waals surface area contributed by atoms with Gasteiger partial charge in [-0.1, -0.05) is 13.8 Å². The smallest absolute Gasteiger partial charge is 0.215 e. The number of nitrogens with zero attached hydrogens (tertiary/aromatic N) is 3. The molecular weight excluding hydrogens is 411 g/mol. The first kappa shape index (κ1) is 20.3. The number of rotatable bonds is 6. The van der Waals surface area contributed by atoms with Crippen molar-refractivity contribution in [1.82, 2.24) is 9.21 Å². The minimum absolute atomic E-state index is 0. The third-order valence-electron chi connectivity index (χ3n) is 3.06. The van der Waals surface area contributed by atoms with Crippen LogP contribution in [0.1, 0.15) is 13.8 Å². The van der Waals surface area contributed by atoms with Gasteiger partial charge in [-0.2, -0.15) is 11.8 Å². The molecule has 0 spiro atoms. The van der Waals surface area contributed by atoms with Crippen molar-refractivity contribution in [2.75, 3.05) is 50.0 Å². The Labute approximate surface area is 143 Å². The van der Waals surface area contributed by atoms with E-state index in [1.54, 1.807) is 0 Å². The summed E-state index contributed by atoms with van der Waals surface area (Å²) >= 11 is 1.90. The van der Waals surface area contributed by atoms with Crippen LogP contribution in [0.3, 0.4) is 0 Å². The third kappa shape index (κ3) is 6.35. The van der Waals surface area contributed by atoms with Gasteiger partial charge in [0.25, 0.3) is 0 Å². The molecule has 0 bridgehead atoms. The summed E-state index contributed by atoms with van der Waals surface area (Å²) in [5.41, 5.74) is 5.88. The topological polar surface area (TPSA) is 79.0 Å². The molecule has 0 unspecified atom stereocenters. The molecule has 0 aromatic rings. The van der Waals surface area contributed by atoms with Gasteiger partial charge < -0.3 is 10.6 Å². The fourth-order valence-electron chi connectivity index (χ4n) is 1.91. The molecule has 1 fully saturated rings. The molecule has 0 atom stereocenters. The highest BCUT2D eigenvalue weighted by Crippen LogP contribution is 2.08. The molecule has 1 rings (SSSR count). The fourth-order valence-corrected chi connectivity index (χ4v) is 4.18. The average molecular weight is 436 g/mol. The Kier molecular flexibility index (Phi) is 10.2. The van der Waals surface area contributed by atoms with Gasteiger partial charge in [-0.25, -0.2) is 12.7 Å². The van der Waals surface area contributed by atoms with Crippen LogP contribution in [-0.4, -0.2) is 73.6 Å². The summed E-state index contributed by atoms with van der Waals surface area (Å²) in [5, 5.41) is 0. The predicted octanol–water partition coefficient (Wildman–Crippen LogP) is 0.640. The van der Waals surface area contributed by atoms with E-state index >= 15 is 0 Å². The molecule has 0 saturated carbocycles. The van der Waals surface area contributed by atoms with Gasteiger partial charge in [0.1, 0.15) is 0 Å². The molecule has 1 aliphatic heterocycles. The Bertz CT molecular complexity index is 393. The Morgan fingerprint density at radius 3 is 2.35 bits per heavy atom. The summed E-state index contributed by atoms with van der Waals surface area (Å²) in [6, 6.07) is 0. The second-order valence-electron chi connectivity index (χ2n) is 4.24. The number of hydrogen-bond acceptors (Lipinski definition) is 4. The van der Waals surface area contributed by atoms with Crippen LogP contribution in [0.15, 0.2) is 4.99 Å². The number of thioether (sulfide) groups is 1. The molecule has 1 heterocycles. The Hall–Kier alpha value is 0.260. The van der Waals surface area contributed by atoms with Gasteiger partial charge in [-0.15, -0.1) is 24.0 Å². The number of guanidine groups is 1. The summed E-state index contributed by atoms with van der Waals surface area (Å²) in [5.74, 6) is 2.59. The standard InChI is InChI=1S/C11H24N4O2S2.HI/c1-3-15(4-2)19(16,17)10-5-13-11(12)14-6-8-18-9-7-14;/h3-10H2,1-2H3,(H2,12,13);1H. The number of halogens is 1. The minimum atomic E-state index is -3.20. The Morgan fingerprint density at radius 1 is 1.30 bits per heavy atom. The van der Waals surface area contributed by atoms with E-state index in [1.807, 2.05) is 30.5 Å². The van der Waals surface area contributed by atoms with Crippen LogP contribution < -0.4 is 5.73 Å². The molecule has 1 aliphatic rings. The molecule has 2 N–H and O–H groups in total. The molecule has 0 aromatic heterocycles. The molecule has 0 radical (unpaired) electrons. The maximum absolute atomic E-state index is 11.9. The van der Waals surface area contributed by atoms with Crippen LogP contribution in [0, 0.1) is 0 Å². The van der Waals surface area contributed by atoms with E-state index in [0.717, 1.165) is 24.6 Å². The number of hydrogen-bond donors (Lipinski definition) is 1. The van der Waals surface area contributed by atoms with Crippen molar-refractivity contribution >= 4 is 51.7 Å². The van der Waals surface area contributed by atoms with Crippen molar-refractivity contribution in [3.8, 4) is 0 Å². The van der Waals surface area contributed by atoms with Crippen molar-refractivity contribution in [3.63, 3.8) is 0 Å². The fraction of sp³-hybridized carbons (Fsp3) is 0.909. The van der Waals surface area contributed by atoms with Crippen molar-refractivity contribution in [2.24, 2.45) is 10.7 Å². The lowest BCUT2D eigenvalue weighted by atomic mass is 10.5. The van der Waals surface area contributed by atoms with Gasteiger partial charge in [-0.05, 0) is 0 Å². The average Bonchev–Trinajstić information content (AvgIpc) is 2.40. The van der Waals surface area contributed by atoms with Crippen LogP contribution >= 0.6 is 35.7 Å². The van der Waals surface area contributed by atoms with Crippen LogP contribution in [0.2, 0.25) is 0 Å². The maximum atomic E-state index is 11.9. The first-order valence-corrected chi connectivity index (χ1v) is 9.38. The predicted molar refractivity (Wildman–Crippen MR) is 97.5 cm³/mol. The van der Waals surface area contributed by atoms with Gasteiger partial charge in [0.2, 0.25) is 10.0 Å². The van der Waals surface area contributed by atoms with Crippen LogP contribution in [0.4, 0.5) is 0 Å². The van der Waals surface area contributed by atoms with E-state index in [-0.39, 0.29) is 36.3 Å². The SMILES string of the molecule is CCN(CC)S(=O)(=O)CCN=C(N)N1CCSCC1.I. The monoisotopic (exact) mass is 436 g/mol. The lowest BCUT2D eigenvalue weighted by molar-refractivity contribution is 0.444. The zero-order chi connectivity index (χ0) is 14.3. The highest BCUT2D eigenvalue weighted by molar-refractivity contribution is 14.0. The number of nitrogens with two attached hydrogens (primary N) is 1. The molecule has 120 valence electrons. The molecular formula is C11H25IN4O2S2. The summed E-state index contributed by atoms with van der Waals surface area (Å²) in [4.78, 5) is 6.20. The van der Waals surface area contributed by atoms with E-state index in [0.29, 0.717) is 19.0 Å². The lowest BCUT2D eigenvalue weighted by Crippen LogP contribution is -2.43. The summed E-state index contributed by atoms with van der Waals surface area (Å²) < 4.78 is 25.4. The van der Waals surface area contributed by atoms with Crippen molar-refractivity contribution in [1.29, 1.82) is 0 Å². The Balaban J connectivity index is 0.00000361. The van der Waals surface area contributed by atoms with E-state index in [1.165, 1.54) is 4.31 Å². The van der Waals surface area contributed by atoms with Crippen molar-refractivity contribution in [2.45, 2.75) is 13.8 Å². The van der Waals surface area contributed by atoms with Gasteiger partial charge in [0, 0.05) is 37.7 Å². The molecule has 1 saturated heterocycles. The molecule has 0 aliphatic carbocycles. The van der Waals surface area contributed by atoms with E-state index in [9.17, 15) is 8.42 Å². The van der Waals surface area contributed by atoms with E-state index in [2.05, 4.69) is 4.99 Å². The largest absolute Gasteiger partial charge is 0.370 e. The third-order valence-corrected chi connectivity index (χ3v) is 6.00. The zero-order valence-electron chi connectivity index (χ0n) is 12.1. The van der Waals surface area contributed by atoms with Crippen LogP contribution in [0.25, 0.3) is 0 Å². The van der Waals surface area contributed by atoms with Crippen LogP contribution in [-0.2, 0) is 10.0 Å². The first-order valence-electron chi connectivity index (χ1n) is 6.61. The number of aliphatic imine (C=N–C) groups is 1. The first-order chi connectivity index (χ1) is 9.01. The van der Waals surface area contributed by atoms with Crippen molar-refractivity contribution in [3.05, 3.63) is 0 Å². The second kappa shape index (κ2) is 10.1. The molecule has 0 aromatic carbocycles. The van der Waals surface area contributed by atoms with Gasteiger partial charge in [0.15, 0.2) is 5.96 Å². The molecule has 20 heavy (non-hydrogen) atoms. The maximum Gasteiger partial charge on any atom is 0.215 e. The summed E-state index contributed by atoms with van der Waals surface area (Å²) in [7, 11) is -3.20. The van der Waals surface area contributed by atoms with E-state index < -0.39 is 10.0 Å². The summed E-state index contributed by atoms with van der Waals surface area (Å²) in [6.07, 6.45) is 0. The second-order valence-corrected chi connectivity index (χ2v) is 7.55. The lowest BCUT2D eigenvalue weighted by Gasteiger charge is -2.27. The van der Waals surface area contributed by atoms with Crippen LogP contribution in [0.5, 0.6) is 0 Å². The van der Waals surface area contributed by atoms with E-state index in [4.69, 9.17) is 5.73 Å². The highest BCUT2D eigenvalue weighted by atomic mass is 127. The number of sulfonamides is 1. The summed E-state index contributed by atoms with van der Waals surface area (Å²) in [6.45, 7) is 6.69. The molecule has 6 nitrogen and oxygen atoms in total. The molecule has 0 amide bonds. The normalized spacial score (nSPS) is 17.1. The van der Waals surface area contributed by atoms with Crippen molar-refractivity contribution < 1.29 is 8.42 Å². The molecule has 9 heteroatoms. The zero-order valence-corrected chi connectivity index (χ0v) is 16.1. The Morgan fingerprint density at radius 2 is 1.85 bits per heavy atom. The highest BCUT2D eigenvalue weighted by Gasteiger charge is 2.18.